The van der Waals surface area contributed by atoms with Gasteiger partial charge in [0.2, 0.25) is 0 Å². The summed E-state index contributed by atoms with van der Waals surface area (Å²) >= 11 is 0. The summed E-state index contributed by atoms with van der Waals surface area (Å²) in [5, 5.41) is 3.98. The first-order valence-corrected chi connectivity index (χ1v) is 12.5. The van der Waals surface area contributed by atoms with Crippen LogP contribution >= 0.6 is 9.24 Å². The number of fused-ring (bicyclic) bond motifs is 1. The fourth-order valence-corrected chi connectivity index (χ4v) is 5.11. The van der Waals surface area contributed by atoms with E-state index in [-0.39, 0.29) is 5.16 Å². The maximum atomic E-state index is 3.89. The van der Waals surface area contributed by atoms with Gasteiger partial charge in [-0.1, -0.05) is 74.9 Å². The van der Waals surface area contributed by atoms with Crippen molar-refractivity contribution in [2.45, 2.75) is 83.1 Å². The van der Waals surface area contributed by atoms with Gasteiger partial charge in [0.1, 0.15) is 0 Å². The molecule has 2 aliphatic carbocycles. The van der Waals surface area contributed by atoms with Crippen LogP contribution in [0.5, 0.6) is 0 Å². The predicted molar refractivity (Wildman–Crippen MR) is 135 cm³/mol. The lowest BCUT2D eigenvalue weighted by Crippen LogP contribution is -2.38. The Kier molecular flexibility index (Phi) is 8.93. The van der Waals surface area contributed by atoms with E-state index in [4.69, 9.17) is 0 Å². The lowest BCUT2D eigenvalue weighted by molar-refractivity contribution is 0.168. The third-order valence-corrected chi connectivity index (χ3v) is 6.87. The van der Waals surface area contributed by atoms with Crippen LogP contribution in [0.15, 0.2) is 65.8 Å². The van der Waals surface area contributed by atoms with E-state index in [1.807, 2.05) is 0 Å². The highest BCUT2D eigenvalue weighted by atomic mass is 31.0. The monoisotopic (exact) mass is 424 g/mol. The lowest BCUT2D eigenvalue weighted by Gasteiger charge is -2.32. The van der Waals surface area contributed by atoms with Crippen LogP contribution in [-0.4, -0.2) is 35.2 Å². The molecule has 1 N–H and O–H groups in total. The van der Waals surface area contributed by atoms with E-state index in [9.17, 15) is 0 Å². The number of unbranched alkanes of at least 4 members (excludes halogenated alkanes) is 1. The minimum Gasteiger partial charge on any atom is -0.313 e. The fraction of sp³-hybridized carbons (Fsp3) is 0.556. The van der Waals surface area contributed by atoms with Crippen LogP contribution in [0.1, 0.15) is 64.9 Å². The van der Waals surface area contributed by atoms with Crippen LogP contribution in [0.25, 0.3) is 0 Å². The molecule has 0 heterocycles. The number of benzene rings is 1. The molecule has 3 rings (SSSR count). The number of nitrogens with zero attached hydrogens (tertiary/aromatic N) is 1. The molecule has 0 aliphatic heterocycles. The Bertz CT molecular complexity index is 747. The number of rotatable bonds is 11. The van der Waals surface area contributed by atoms with Crippen molar-refractivity contribution in [1.82, 2.24) is 10.2 Å². The number of hydrogen-bond acceptors (Lipinski definition) is 2. The normalized spacial score (nSPS) is 24.4. The van der Waals surface area contributed by atoms with Gasteiger partial charge in [-0.3, -0.25) is 4.90 Å². The minimum absolute atomic E-state index is 0.0903. The number of hydrogen-bond donors (Lipinski definition) is 1. The standard InChI is InChI=1S/C27H41N2P/c1-4-6-17-29(21-22-11-8-7-9-12-22)26(5-2)14-16-28-25-18-23-13-10-15-27(3,30)20-24(23)19-25/h7-13,15,20,25-26,28H,4-6,14,16-19,21,30H2,1-3H3. The molecule has 1 aromatic carbocycles. The Hall–Kier alpha value is -1.21. The molecule has 164 valence electrons. The van der Waals surface area contributed by atoms with Gasteiger partial charge in [-0.2, -0.15) is 0 Å². The van der Waals surface area contributed by atoms with Crippen LogP contribution in [0.3, 0.4) is 0 Å². The molecule has 30 heavy (non-hydrogen) atoms. The molecule has 0 amide bonds. The molecule has 0 radical (unpaired) electrons. The lowest BCUT2D eigenvalue weighted by atomic mass is 10.0. The Morgan fingerprint density at radius 2 is 1.93 bits per heavy atom. The van der Waals surface area contributed by atoms with E-state index < -0.39 is 0 Å². The minimum atomic E-state index is 0.0903. The molecular weight excluding hydrogens is 383 g/mol. The van der Waals surface area contributed by atoms with Gasteiger partial charge in [-0.25, -0.2) is 0 Å². The van der Waals surface area contributed by atoms with E-state index in [0.717, 1.165) is 25.9 Å². The van der Waals surface area contributed by atoms with Crippen LogP contribution in [0.4, 0.5) is 0 Å². The average Bonchev–Trinajstić information content (AvgIpc) is 3.03. The Morgan fingerprint density at radius 3 is 2.67 bits per heavy atom. The Balaban J connectivity index is 1.53. The molecule has 1 saturated carbocycles. The zero-order valence-corrected chi connectivity index (χ0v) is 20.4. The molecule has 2 aliphatic rings. The van der Waals surface area contributed by atoms with Crippen molar-refractivity contribution >= 4 is 9.24 Å². The predicted octanol–water partition coefficient (Wildman–Crippen LogP) is 6.27. The van der Waals surface area contributed by atoms with Gasteiger partial charge < -0.3 is 5.32 Å². The third kappa shape index (κ3) is 6.91. The molecule has 1 aromatic rings. The third-order valence-electron chi connectivity index (χ3n) is 6.51. The van der Waals surface area contributed by atoms with Gasteiger partial charge in [0.25, 0.3) is 0 Å². The molecule has 0 spiro atoms. The van der Waals surface area contributed by atoms with Crippen LogP contribution in [0, 0.1) is 0 Å². The first kappa shape index (κ1) is 23.5. The van der Waals surface area contributed by atoms with E-state index >= 15 is 0 Å². The second-order valence-electron chi connectivity index (χ2n) is 9.31. The summed E-state index contributed by atoms with van der Waals surface area (Å²) in [5.41, 5.74) is 4.50. The quantitative estimate of drug-likeness (QED) is 0.421. The topological polar surface area (TPSA) is 15.3 Å². The van der Waals surface area contributed by atoms with E-state index in [1.165, 1.54) is 48.9 Å². The zero-order valence-electron chi connectivity index (χ0n) is 19.2. The molecule has 3 heteroatoms. The summed E-state index contributed by atoms with van der Waals surface area (Å²) in [5.74, 6) is 0. The highest BCUT2D eigenvalue weighted by Crippen LogP contribution is 2.37. The smallest absolute Gasteiger partial charge is 0.0236 e. The second-order valence-corrected chi connectivity index (χ2v) is 10.6. The number of allylic oxidation sites excluding steroid dienone is 4. The van der Waals surface area contributed by atoms with Crippen molar-refractivity contribution in [2.24, 2.45) is 0 Å². The summed E-state index contributed by atoms with van der Waals surface area (Å²) in [7, 11) is 2.98. The summed E-state index contributed by atoms with van der Waals surface area (Å²) in [4.78, 5) is 2.72. The summed E-state index contributed by atoms with van der Waals surface area (Å²) < 4.78 is 0. The van der Waals surface area contributed by atoms with Gasteiger partial charge in [-0.15, -0.1) is 9.24 Å². The molecule has 0 aromatic heterocycles. The Morgan fingerprint density at radius 1 is 1.17 bits per heavy atom. The fourth-order valence-electron chi connectivity index (χ4n) is 4.80. The zero-order chi connectivity index (χ0) is 21.4. The van der Waals surface area contributed by atoms with Gasteiger partial charge >= 0.3 is 0 Å². The highest BCUT2D eigenvalue weighted by Gasteiger charge is 2.27. The second kappa shape index (κ2) is 11.4. The first-order chi connectivity index (χ1) is 14.5. The van der Waals surface area contributed by atoms with Crippen LogP contribution < -0.4 is 5.32 Å². The Labute approximate surface area is 187 Å². The maximum absolute atomic E-state index is 3.89. The average molecular weight is 425 g/mol. The maximum Gasteiger partial charge on any atom is 0.0236 e. The summed E-state index contributed by atoms with van der Waals surface area (Å²) in [6, 6.07) is 12.2. The number of nitrogens with one attached hydrogen (secondary N) is 1. The van der Waals surface area contributed by atoms with Gasteiger partial charge in [0.05, 0.1) is 0 Å². The molecule has 4 atom stereocenters. The SMILES string of the molecule is CCCCN(Cc1ccccc1)C(CC)CCNC1CC2=CC=CC(C)(P)C=C2C1. The van der Waals surface area contributed by atoms with Crippen molar-refractivity contribution in [2.75, 3.05) is 13.1 Å². The summed E-state index contributed by atoms with van der Waals surface area (Å²) in [6.45, 7) is 10.3. The van der Waals surface area contributed by atoms with Gasteiger partial charge in [-0.05, 0) is 68.8 Å². The largest absolute Gasteiger partial charge is 0.313 e. The molecule has 2 nitrogen and oxygen atoms in total. The van der Waals surface area contributed by atoms with Crippen LogP contribution in [0.2, 0.25) is 0 Å². The molecule has 0 saturated heterocycles. The van der Waals surface area contributed by atoms with E-state index in [1.54, 1.807) is 0 Å². The highest BCUT2D eigenvalue weighted by molar-refractivity contribution is 7.19. The van der Waals surface area contributed by atoms with Crippen molar-refractivity contribution in [3.8, 4) is 0 Å². The van der Waals surface area contributed by atoms with Gasteiger partial charge in [0, 0.05) is 23.8 Å². The van der Waals surface area contributed by atoms with E-state index in [0.29, 0.717) is 12.1 Å². The van der Waals surface area contributed by atoms with Gasteiger partial charge in [0.15, 0.2) is 0 Å². The van der Waals surface area contributed by atoms with Crippen molar-refractivity contribution in [3.63, 3.8) is 0 Å². The summed E-state index contributed by atoms with van der Waals surface area (Å²) in [6.07, 6.45) is 16.6. The van der Waals surface area contributed by atoms with Crippen molar-refractivity contribution < 1.29 is 0 Å². The van der Waals surface area contributed by atoms with Crippen molar-refractivity contribution in [3.05, 3.63) is 71.3 Å². The first-order valence-electron chi connectivity index (χ1n) is 11.9. The molecular formula is C27H41N2P. The molecule has 1 fully saturated rings. The van der Waals surface area contributed by atoms with E-state index in [2.05, 4.69) is 94.9 Å². The van der Waals surface area contributed by atoms with Crippen molar-refractivity contribution in [1.29, 1.82) is 0 Å². The molecule has 4 unspecified atom stereocenters. The van der Waals surface area contributed by atoms with Crippen LogP contribution in [-0.2, 0) is 6.54 Å². The molecule has 0 bridgehead atoms.